The highest BCUT2D eigenvalue weighted by atomic mass is 16.4. The monoisotopic (exact) mass is 578 g/mol. The second-order valence-corrected chi connectivity index (χ2v) is 9.72. The topological polar surface area (TPSA) is 217 Å². The predicted octanol–water partition coefficient (Wildman–Crippen LogP) is 0.169. The van der Waals surface area contributed by atoms with Crippen LogP contribution in [0.25, 0.3) is 0 Å². The number of aliphatic carboxylic acids is 2. The molecule has 0 saturated heterocycles. The summed E-state index contributed by atoms with van der Waals surface area (Å²) in [6, 6.07) is 12.8. The highest BCUT2D eigenvalue weighted by Gasteiger charge is 2.31. The van der Waals surface area contributed by atoms with E-state index in [2.05, 4.69) is 25.9 Å². The minimum Gasteiger partial charge on any atom is -0.481 e. The number of benzene rings is 2. The van der Waals surface area contributed by atoms with Gasteiger partial charge in [-0.1, -0.05) is 60.7 Å². The summed E-state index contributed by atoms with van der Waals surface area (Å²) in [5.41, 5.74) is 7.77. The van der Waals surface area contributed by atoms with Gasteiger partial charge < -0.3 is 36.9 Å². The van der Waals surface area contributed by atoms with Gasteiger partial charge in [-0.15, -0.1) is 0 Å². The number of nitrogens with zero attached hydrogens (tertiary/aromatic N) is 1. The van der Waals surface area contributed by atoms with Gasteiger partial charge in [0.15, 0.2) is 0 Å². The van der Waals surface area contributed by atoms with E-state index in [-0.39, 0.29) is 32.1 Å². The van der Waals surface area contributed by atoms with E-state index >= 15 is 0 Å². The number of imidazole rings is 1. The first-order valence-electron chi connectivity index (χ1n) is 13.3. The number of nitrogens with two attached hydrogens (primary N) is 1. The molecule has 222 valence electrons. The Kier molecular flexibility index (Phi) is 11.7. The molecule has 0 saturated carbocycles. The molecule has 2 aromatic carbocycles. The number of amides is 3. The summed E-state index contributed by atoms with van der Waals surface area (Å²) in [7, 11) is 0. The van der Waals surface area contributed by atoms with Crippen LogP contribution in [0.4, 0.5) is 0 Å². The Hall–Kier alpha value is -5.04. The van der Waals surface area contributed by atoms with Gasteiger partial charge in [-0.2, -0.15) is 0 Å². The Labute approximate surface area is 241 Å². The molecule has 42 heavy (non-hydrogen) atoms. The van der Waals surface area contributed by atoms with Crippen LogP contribution in [0.15, 0.2) is 73.2 Å². The summed E-state index contributed by atoms with van der Waals surface area (Å²) < 4.78 is 0. The fraction of sp³-hybridized carbons (Fsp3) is 0.310. The number of carbonyl (C=O) groups excluding carboxylic acids is 3. The first kappa shape index (κ1) is 31.5. The lowest BCUT2D eigenvalue weighted by Crippen LogP contribution is -2.58. The first-order chi connectivity index (χ1) is 20.1. The number of rotatable bonds is 16. The fourth-order valence-electron chi connectivity index (χ4n) is 4.17. The summed E-state index contributed by atoms with van der Waals surface area (Å²) in [4.78, 5) is 69.4. The highest BCUT2D eigenvalue weighted by molar-refractivity contribution is 5.94. The van der Waals surface area contributed by atoms with Crippen molar-refractivity contribution < 1.29 is 34.2 Å². The lowest BCUT2D eigenvalue weighted by atomic mass is 10.0. The summed E-state index contributed by atoms with van der Waals surface area (Å²) >= 11 is 0. The average Bonchev–Trinajstić information content (AvgIpc) is 3.49. The lowest BCUT2D eigenvalue weighted by Gasteiger charge is -2.25. The first-order valence-corrected chi connectivity index (χ1v) is 13.3. The van der Waals surface area contributed by atoms with Crippen LogP contribution < -0.4 is 21.7 Å². The normalized spacial score (nSPS) is 13.6. The minimum atomic E-state index is -1.27. The van der Waals surface area contributed by atoms with Gasteiger partial charge in [-0.05, 0) is 17.5 Å². The lowest BCUT2D eigenvalue weighted by molar-refractivity contribution is -0.142. The third kappa shape index (κ3) is 10.2. The van der Waals surface area contributed by atoms with E-state index in [0.29, 0.717) is 16.8 Å². The summed E-state index contributed by atoms with van der Waals surface area (Å²) in [5.74, 6) is -4.55. The second kappa shape index (κ2) is 15.7. The van der Waals surface area contributed by atoms with Gasteiger partial charge in [0.2, 0.25) is 17.7 Å². The number of carbonyl (C=O) groups is 5. The van der Waals surface area contributed by atoms with Crippen molar-refractivity contribution in [2.45, 2.75) is 56.3 Å². The van der Waals surface area contributed by atoms with Crippen molar-refractivity contribution in [3.63, 3.8) is 0 Å². The smallest absolute Gasteiger partial charge is 0.326 e. The van der Waals surface area contributed by atoms with Crippen LogP contribution in [0.2, 0.25) is 0 Å². The van der Waals surface area contributed by atoms with Gasteiger partial charge in [0.25, 0.3) is 0 Å². The van der Waals surface area contributed by atoms with Crippen LogP contribution in [0.5, 0.6) is 0 Å². The molecule has 0 fully saturated rings. The molecule has 1 aromatic heterocycles. The summed E-state index contributed by atoms with van der Waals surface area (Å²) in [6.07, 6.45) is 2.43. The number of hydrogen-bond donors (Lipinski definition) is 7. The molecule has 3 amide bonds. The molecule has 0 aliphatic carbocycles. The molecular weight excluding hydrogens is 544 g/mol. The third-order valence-electron chi connectivity index (χ3n) is 6.43. The van der Waals surface area contributed by atoms with Crippen LogP contribution in [-0.4, -0.2) is 74.0 Å². The standard InChI is InChI=1S/C29H34N6O7/c30-21(11-12-25(36)37)26(38)33-22(13-18-7-3-1-4-8-18)27(39)34-23(15-20-16-31-17-32-20)28(40)35-24(29(41)42)14-19-9-5-2-6-10-19/h1-10,16-17,21-24H,11-15,30H2,(H,31,32)(H,33,38)(H,34,39)(H,35,40)(H,36,37)(H,41,42). The van der Waals surface area contributed by atoms with Crippen molar-refractivity contribution in [2.75, 3.05) is 0 Å². The van der Waals surface area contributed by atoms with E-state index in [1.165, 1.54) is 12.5 Å². The van der Waals surface area contributed by atoms with Crippen LogP contribution >= 0.6 is 0 Å². The van der Waals surface area contributed by atoms with Crippen LogP contribution in [0.1, 0.15) is 29.7 Å². The maximum Gasteiger partial charge on any atom is 0.326 e. The van der Waals surface area contributed by atoms with Crippen molar-refractivity contribution in [3.05, 3.63) is 90.0 Å². The number of hydrogen-bond acceptors (Lipinski definition) is 7. The second-order valence-electron chi connectivity index (χ2n) is 9.72. The van der Waals surface area contributed by atoms with Crippen LogP contribution in [0.3, 0.4) is 0 Å². The largest absolute Gasteiger partial charge is 0.481 e. The highest BCUT2D eigenvalue weighted by Crippen LogP contribution is 2.08. The zero-order valence-electron chi connectivity index (χ0n) is 22.7. The van der Waals surface area contributed by atoms with E-state index in [1.54, 1.807) is 60.7 Å². The van der Waals surface area contributed by atoms with Gasteiger partial charge in [0, 0.05) is 37.6 Å². The van der Waals surface area contributed by atoms with Crippen molar-refractivity contribution in [1.29, 1.82) is 0 Å². The quantitative estimate of drug-likeness (QED) is 0.123. The average molecular weight is 579 g/mol. The molecule has 0 aliphatic rings. The Morgan fingerprint density at radius 3 is 1.74 bits per heavy atom. The van der Waals surface area contributed by atoms with Gasteiger partial charge >= 0.3 is 11.9 Å². The number of aromatic amines is 1. The van der Waals surface area contributed by atoms with Gasteiger partial charge in [0.1, 0.15) is 18.1 Å². The molecule has 3 aromatic rings. The van der Waals surface area contributed by atoms with Crippen molar-refractivity contribution in [1.82, 2.24) is 25.9 Å². The van der Waals surface area contributed by atoms with Crippen molar-refractivity contribution >= 4 is 29.7 Å². The number of H-pyrrole nitrogens is 1. The van der Waals surface area contributed by atoms with Crippen LogP contribution in [0, 0.1) is 0 Å². The van der Waals surface area contributed by atoms with Crippen LogP contribution in [-0.2, 0) is 43.2 Å². The van der Waals surface area contributed by atoms with Crippen molar-refractivity contribution in [3.8, 4) is 0 Å². The van der Waals surface area contributed by atoms with E-state index < -0.39 is 53.8 Å². The number of carboxylic acid groups (broad SMARTS) is 2. The molecule has 0 spiro atoms. The molecule has 13 heteroatoms. The van der Waals surface area contributed by atoms with E-state index in [9.17, 15) is 29.1 Å². The Bertz CT molecular complexity index is 1340. The van der Waals surface area contributed by atoms with Gasteiger partial charge in [-0.3, -0.25) is 19.2 Å². The number of aromatic nitrogens is 2. The molecule has 4 atom stereocenters. The summed E-state index contributed by atoms with van der Waals surface area (Å²) in [6.45, 7) is 0. The van der Waals surface area contributed by atoms with Gasteiger partial charge in [-0.25, -0.2) is 9.78 Å². The minimum absolute atomic E-state index is 0.0214. The molecule has 13 nitrogen and oxygen atoms in total. The number of nitrogens with one attached hydrogen (secondary N) is 4. The molecular formula is C29H34N6O7. The molecule has 1 heterocycles. The molecule has 0 aliphatic heterocycles. The molecule has 3 rings (SSSR count). The maximum atomic E-state index is 13.5. The molecule has 0 bridgehead atoms. The van der Waals surface area contributed by atoms with E-state index in [0.717, 1.165) is 0 Å². The van der Waals surface area contributed by atoms with Crippen molar-refractivity contribution in [2.24, 2.45) is 5.73 Å². The third-order valence-corrected chi connectivity index (χ3v) is 6.43. The maximum absolute atomic E-state index is 13.5. The Morgan fingerprint density at radius 2 is 1.24 bits per heavy atom. The Balaban J connectivity index is 1.80. The van der Waals surface area contributed by atoms with E-state index in [1.807, 2.05) is 0 Å². The molecule has 0 radical (unpaired) electrons. The summed E-state index contributed by atoms with van der Waals surface area (Å²) in [5, 5.41) is 26.4. The molecule has 8 N–H and O–H groups in total. The fourth-order valence-corrected chi connectivity index (χ4v) is 4.17. The van der Waals surface area contributed by atoms with Gasteiger partial charge in [0.05, 0.1) is 12.4 Å². The predicted molar refractivity (Wildman–Crippen MR) is 151 cm³/mol. The zero-order chi connectivity index (χ0) is 30.5. The molecule has 4 unspecified atom stereocenters. The zero-order valence-corrected chi connectivity index (χ0v) is 22.7. The Morgan fingerprint density at radius 1 is 0.738 bits per heavy atom. The number of carboxylic acids is 2. The van der Waals surface area contributed by atoms with E-state index in [4.69, 9.17) is 10.8 Å². The SMILES string of the molecule is NC(CCC(=O)O)C(=O)NC(Cc1ccccc1)C(=O)NC(Cc1cnc[nH]1)C(=O)NC(Cc1ccccc1)C(=O)O.